The first-order chi connectivity index (χ1) is 38.8. The van der Waals surface area contributed by atoms with Crippen LogP contribution in [0, 0.1) is 23.7 Å². The fourth-order valence-corrected chi connectivity index (χ4v) is 8.44. The minimum absolute atomic E-state index is 0.0199. The Bertz CT molecular complexity index is 2400. The van der Waals surface area contributed by atoms with Gasteiger partial charge in [0, 0.05) is 32.2 Å². The molecule has 0 heterocycles. The molecular formula is C55H90N12O16. The number of amides is 8. The minimum atomic E-state index is -1.84. The number of carbonyl (C=O) groups excluding carboxylic acids is 9. The number of aliphatic carboxylic acids is 3. The van der Waals surface area contributed by atoms with Crippen LogP contribution in [0.1, 0.15) is 139 Å². The summed E-state index contributed by atoms with van der Waals surface area (Å²) in [7, 11) is 1.55. The number of hydrogen-bond acceptors (Lipinski definition) is 15. The van der Waals surface area contributed by atoms with E-state index in [9.17, 15) is 78.0 Å². The molecule has 0 aliphatic rings. The summed E-state index contributed by atoms with van der Waals surface area (Å²) in [6.45, 7) is 15.4. The lowest BCUT2D eigenvalue weighted by atomic mass is 9.96. The number of hydrogen-bond donors (Lipinski definition) is 15. The fourth-order valence-electron chi connectivity index (χ4n) is 8.44. The first kappa shape index (κ1) is 73.1. The monoisotopic (exact) mass is 1170 g/mol. The van der Waals surface area contributed by atoms with Crippen molar-refractivity contribution in [1.82, 2.24) is 47.9 Å². The molecule has 0 spiro atoms. The predicted octanol–water partition coefficient (Wildman–Crippen LogP) is -0.568. The predicted molar refractivity (Wildman–Crippen MR) is 305 cm³/mol. The van der Waals surface area contributed by atoms with Gasteiger partial charge < -0.3 is 79.7 Å². The molecule has 0 fully saturated rings. The van der Waals surface area contributed by atoms with Crippen LogP contribution in [0.15, 0.2) is 29.3 Å². The van der Waals surface area contributed by atoms with Crippen molar-refractivity contribution in [3.63, 3.8) is 0 Å². The van der Waals surface area contributed by atoms with Gasteiger partial charge in [-0.1, -0.05) is 73.9 Å². The minimum Gasteiger partial charge on any atom is -0.508 e. The van der Waals surface area contributed by atoms with Gasteiger partial charge in [0.1, 0.15) is 48.0 Å². The largest absolute Gasteiger partial charge is 0.508 e. The third-order valence-electron chi connectivity index (χ3n) is 13.4. The highest BCUT2D eigenvalue weighted by Crippen LogP contribution is 2.16. The van der Waals surface area contributed by atoms with E-state index in [0.29, 0.717) is 18.4 Å². The number of carboxylic acid groups (broad SMARTS) is 3. The van der Waals surface area contributed by atoms with Crippen molar-refractivity contribution in [2.24, 2.45) is 40.1 Å². The Kier molecular flexibility index (Phi) is 32.8. The molecule has 83 heavy (non-hydrogen) atoms. The van der Waals surface area contributed by atoms with Crippen molar-refractivity contribution in [1.29, 1.82) is 0 Å². The number of carboxylic acids is 3. The number of Topliss-reactive ketones (excluding diaryl/α,β-unsaturated/α-hetero) is 1. The number of carbonyl (C=O) groups is 12. The lowest BCUT2D eigenvalue weighted by Crippen LogP contribution is -2.61. The molecular weight excluding hydrogens is 1080 g/mol. The van der Waals surface area contributed by atoms with Crippen LogP contribution in [0.3, 0.4) is 0 Å². The number of phenolic OH excluding ortho intramolecular Hbond substituents is 1. The van der Waals surface area contributed by atoms with E-state index in [2.05, 4.69) is 52.8 Å². The number of phenols is 1. The van der Waals surface area contributed by atoms with E-state index in [0.717, 1.165) is 0 Å². The standard InChI is InChI=1S/C55H90N12O16/c1-11-31(8)46(54(83)63-35(13-12-24-59-55(56)57)49(78)66-45(30(6)7)53(82)64-39(32(9)68)25-28(2)3)67-50(79)38(20-23-44(74)75)61-47(76)36(18-21-42(70)71)60-48(77)37(19-22-43(72)73)62-52(81)41(27-33-14-16-34(69)17-15-33)65-51(80)40(58-10)26-29(4)5/h14-17,28-31,35-41,45-46,58,69H,11-13,18-27H2,1-10H3,(H,60,77)(H,61,76)(H,62,81)(H,63,83)(H,64,82)(H,65,80)(H,66,78)(H,67,79)(H,70,71)(H,72,73)(H,74,75)(H4,56,57,59). The molecule has 8 amide bonds. The highest BCUT2D eigenvalue weighted by atomic mass is 16.4. The number of benzene rings is 1. The normalized spacial score (nSPS) is 14.8. The van der Waals surface area contributed by atoms with Gasteiger partial charge in [-0.05, 0) is 100 Å². The highest BCUT2D eigenvalue weighted by molar-refractivity contribution is 5.99. The van der Waals surface area contributed by atoms with Crippen LogP contribution >= 0.6 is 0 Å². The van der Waals surface area contributed by atoms with Gasteiger partial charge in [-0.3, -0.25) is 62.5 Å². The average molecular weight is 1180 g/mol. The van der Waals surface area contributed by atoms with Gasteiger partial charge in [0.2, 0.25) is 47.3 Å². The third-order valence-corrected chi connectivity index (χ3v) is 13.4. The number of aliphatic imine (C=N–C) groups is 1. The molecule has 0 aliphatic heterocycles. The van der Waals surface area contributed by atoms with Crippen LogP contribution in [0.25, 0.3) is 0 Å². The Morgan fingerprint density at radius 3 is 1.25 bits per heavy atom. The molecule has 1 aromatic rings. The zero-order chi connectivity index (χ0) is 63.3. The number of guanidine groups is 1. The van der Waals surface area contributed by atoms with Crippen molar-refractivity contribution >= 4 is 76.9 Å². The second-order valence-electron chi connectivity index (χ2n) is 21.8. The quantitative estimate of drug-likeness (QED) is 0.0222. The molecule has 0 aromatic heterocycles. The van der Waals surface area contributed by atoms with Crippen molar-refractivity contribution in [2.75, 3.05) is 13.6 Å². The second-order valence-corrected chi connectivity index (χ2v) is 21.8. The maximum Gasteiger partial charge on any atom is 0.303 e. The lowest BCUT2D eigenvalue weighted by molar-refractivity contribution is -0.140. The molecule has 0 saturated heterocycles. The van der Waals surface area contributed by atoms with E-state index in [1.54, 1.807) is 34.7 Å². The van der Waals surface area contributed by atoms with Crippen LogP contribution < -0.4 is 59.3 Å². The summed E-state index contributed by atoms with van der Waals surface area (Å²) in [5.74, 6) is -13.5. The summed E-state index contributed by atoms with van der Waals surface area (Å²) in [5.41, 5.74) is 11.5. The van der Waals surface area contributed by atoms with Gasteiger partial charge in [-0.25, -0.2) is 0 Å². The molecule has 1 rings (SSSR count). The SMILES string of the molecule is CCC(C)C(NC(=O)C(CCC(=O)O)NC(=O)C(CCC(=O)O)NC(=O)C(CCC(=O)O)NC(=O)C(Cc1ccc(O)cc1)NC(=O)C(CC(C)C)NC)C(=O)NC(CCCN=C(N)N)C(=O)NC(C(=O)NC(CC(C)C)C(C)=O)C(C)C. The molecule has 10 unspecified atom stereocenters. The Hall–Kier alpha value is -7.91. The number of ketones is 1. The maximum atomic E-state index is 14.3. The van der Waals surface area contributed by atoms with E-state index in [-0.39, 0.29) is 61.6 Å². The summed E-state index contributed by atoms with van der Waals surface area (Å²) >= 11 is 0. The van der Waals surface area contributed by atoms with Crippen LogP contribution in [-0.4, -0.2) is 165 Å². The molecule has 28 nitrogen and oxygen atoms in total. The Balaban J connectivity index is 3.70. The molecule has 0 aliphatic carbocycles. The van der Waals surface area contributed by atoms with Crippen LogP contribution in [0.2, 0.25) is 0 Å². The summed E-state index contributed by atoms with van der Waals surface area (Å²) in [4.78, 5) is 164. The zero-order valence-electron chi connectivity index (χ0n) is 49.3. The van der Waals surface area contributed by atoms with Gasteiger partial charge in [0.15, 0.2) is 11.7 Å². The number of nitrogens with two attached hydrogens (primary N) is 2. The third kappa shape index (κ3) is 28.6. The highest BCUT2D eigenvalue weighted by Gasteiger charge is 2.37. The molecule has 28 heteroatoms. The average Bonchev–Trinajstić information content (AvgIpc) is 3.45. The van der Waals surface area contributed by atoms with E-state index >= 15 is 0 Å². The molecule has 1 aromatic carbocycles. The Morgan fingerprint density at radius 1 is 0.494 bits per heavy atom. The van der Waals surface area contributed by atoms with Gasteiger partial charge in [0.25, 0.3) is 0 Å². The van der Waals surface area contributed by atoms with Crippen molar-refractivity contribution in [2.45, 2.75) is 194 Å². The van der Waals surface area contributed by atoms with Crippen LogP contribution in [0.5, 0.6) is 5.75 Å². The van der Waals surface area contributed by atoms with Crippen molar-refractivity contribution in [3.05, 3.63) is 29.8 Å². The number of rotatable bonds is 40. The fraction of sp³-hybridized carbons (Fsp3) is 0.655. The van der Waals surface area contributed by atoms with Crippen LogP contribution in [-0.2, 0) is 64.0 Å². The number of aromatic hydroxyl groups is 1. The first-order valence-corrected chi connectivity index (χ1v) is 27.9. The van der Waals surface area contributed by atoms with E-state index in [1.165, 1.54) is 31.2 Å². The molecule has 0 radical (unpaired) electrons. The zero-order valence-corrected chi connectivity index (χ0v) is 49.3. The lowest BCUT2D eigenvalue weighted by Gasteiger charge is -2.30. The maximum absolute atomic E-state index is 14.3. The number of likely N-dealkylation sites (N-methyl/N-ethyl adjacent to an activating group) is 1. The Morgan fingerprint density at radius 2 is 0.855 bits per heavy atom. The van der Waals surface area contributed by atoms with Gasteiger partial charge >= 0.3 is 17.9 Å². The van der Waals surface area contributed by atoms with Crippen molar-refractivity contribution < 1.29 is 78.0 Å². The smallest absolute Gasteiger partial charge is 0.303 e. The first-order valence-electron chi connectivity index (χ1n) is 27.9. The number of nitrogens with zero attached hydrogens (tertiary/aromatic N) is 1. The molecule has 10 atom stereocenters. The molecule has 0 bridgehead atoms. The topological polar surface area (TPSA) is 458 Å². The molecule has 17 N–H and O–H groups in total. The Labute approximate surface area is 484 Å². The molecule has 466 valence electrons. The van der Waals surface area contributed by atoms with E-state index in [1.807, 2.05) is 27.7 Å². The summed E-state index contributed by atoms with van der Waals surface area (Å²) in [5, 5.41) is 62.1. The molecule has 0 saturated carbocycles. The van der Waals surface area contributed by atoms with Gasteiger partial charge in [-0.15, -0.1) is 0 Å². The van der Waals surface area contributed by atoms with E-state index < -0.39 is 170 Å². The van der Waals surface area contributed by atoms with E-state index in [4.69, 9.17) is 11.5 Å². The van der Waals surface area contributed by atoms with Crippen molar-refractivity contribution in [3.8, 4) is 5.75 Å². The second kappa shape index (κ2) is 37.2. The summed E-state index contributed by atoms with van der Waals surface area (Å²) < 4.78 is 0. The van der Waals surface area contributed by atoms with Gasteiger partial charge in [0.05, 0.1) is 12.1 Å². The number of nitrogens with one attached hydrogen (secondary N) is 9. The summed E-state index contributed by atoms with van der Waals surface area (Å²) in [6, 6.07) is -6.74. The van der Waals surface area contributed by atoms with Gasteiger partial charge in [-0.2, -0.15) is 0 Å². The van der Waals surface area contributed by atoms with Crippen LogP contribution in [0.4, 0.5) is 0 Å². The summed E-state index contributed by atoms with van der Waals surface area (Å²) in [6.07, 6.45) is -3.29.